The molecule has 2 N–H and O–H groups in total. The third kappa shape index (κ3) is 9.63. The van der Waals surface area contributed by atoms with Crippen molar-refractivity contribution in [3.63, 3.8) is 0 Å². The number of nitrogens with one attached hydrogen (secondary N) is 2. The van der Waals surface area contributed by atoms with Crippen LogP contribution in [0.4, 0.5) is 0 Å². The fourth-order valence-electron chi connectivity index (χ4n) is 2.62. The Hall–Kier alpha value is -2.23. The van der Waals surface area contributed by atoms with E-state index in [4.69, 9.17) is 9.15 Å². The molecule has 2 rings (SSSR count). The molecule has 8 heteroatoms. The predicted molar refractivity (Wildman–Crippen MR) is 135 cm³/mol. The molecule has 0 bridgehead atoms. The molecule has 0 saturated carbocycles. The normalized spacial score (nSPS) is 12.0. The van der Waals surface area contributed by atoms with Gasteiger partial charge in [-0.05, 0) is 44.0 Å². The molecule has 0 saturated heterocycles. The van der Waals surface area contributed by atoms with Gasteiger partial charge < -0.3 is 24.7 Å². The number of carbonyl (C=O) groups excluding carboxylic acids is 1. The molecule has 2 aromatic rings. The molecule has 0 fully saturated rings. The SMILES string of the molecule is CCC(C)Oc1cc(C)ccc1CN=C(NCCc1ccco1)NCC(=O)N(C)C.I. The van der Waals surface area contributed by atoms with Crippen molar-refractivity contribution in [3.05, 3.63) is 53.5 Å². The van der Waals surface area contributed by atoms with E-state index < -0.39 is 0 Å². The Morgan fingerprint density at radius 2 is 2.03 bits per heavy atom. The zero-order chi connectivity index (χ0) is 21.9. The summed E-state index contributed by atoms with van der Waals surface area (Å²) in [5.74, 6) is 2.31. The monoisotopic (exact) mass is 542 g/mol. The standard InChI is InChI=1S/C23H34N4O3.HI/c1-6-18(3)30-21-14-17(2)9-10-19(21)15-25-23(26-16-22(28)27(4)5)24-12-11-20-8-7-13-29-20;/h7-10,13-14,18H,6,11-12,15-16H2,1-5H3,(H2,24,25,26);1H. The van der Waals surface area contributed by atoms with Gasteiger partial charge in [-0.15, -0.1) is 24.0 Å². The summed E-state index contributed by atoms with van der Waals surface area (Å²) in [7, 11) is 3.46. The average molecular weight is 542 g/mol. The van der Waals surface area contributed by atoms with Crippen molar-refractivity contribution in [3.8, 4) is 5.75 Å². The maximum Gasteiger partial charge on any atom is 0.241 e. The first-order valence-electron chi connectivity index (χ1n) is 10.4. The average Bonchev–Trinajstić information content (AvgIpc) is 3.23. The Morgan fingerprint density at radius 1 is 1.26 bits per heavy atom. The number of hydrogen-bond acceptors (Lipinski definition) is 4. The van der Waals surface area contributed by atoms with Crippen molar-refractivity contribution in [2.24, 2.45) is 4.99 Å². The zero-order valence-corrected chi connectivity index (χ0v) is 21.4. The summed E-state index contributed by atoms with van der Waals surface area (Å²) in [5, 5.41) is 6.38. The molecule has 0 aliphatic heterocycles. The molecule has 172 valence electrons. The molecule has 0 aliphatic rings. The van der Waals surface area contributed by atoms with Gasteiger partial charge >= 0.3 is 0 Å². The van der Waals surface area contributed by atoms with Crippen molar-refractivity contribution < 1.29 is 13.9 Å². The molecule has 31 heavy (non-hydrogen) atoms. The quantitative estimate of drug-likeness (QED) is 0.272. The number of halogens is 1. The molecular formula is C23H35IN4O3. The maximum absolute atomic E-state index is 12.0. The van der Waals surface area contributed by atoms with Gasteiger partial charge in [0.1, 0.15) is 11.5 Å². The molecule has 1 unspecified atom stereocenters. The minimum Gasteiger partial charge on any atom is -0.490 e. The Morgan fingerprint density at radius 3 is 2.68 bits per heavy atom. The van der Waals surface area contributed by atoms with Gasteiger partial charge in [0, 0.05) is 32.6 Å². The fourth-order valence-corrected chi connectivity index (χ4v) is 2.62. The summed E-state index contributed by atoms with van der Waals surface area (Å²) in [5.41, 5.74) is 2.15. The summed E-state index contributed by atoms with van der Waals surface area (Å²) in [6, 6.07) is 9.95. The fraction of sp³-hybridized carbons (Fsp3) is 0.478. The number of amides is 1. The topological polar surface area (TPSA) is 79.1 Å². The van der Waals surface area contributed by atoms with Gasteiger partial charge in [0.2, 0.25) is 5.91 Å². The molecular weight excluding hydrogens is 507 g/mol. The van der Waals surface area contributed by atoms with Crippen molar-refractivity contribution in [1.29, 1.82) is 0 Å². The second-order valence-corrected chi connectivity index (χ2v) is 7.51. The number of ether oxygens (including phenoxy) is 1. The largest absolute Gasteiger partial charge is 0.490 e. The highest BCUT2D eigenvalue weighted by molar-refractivity contribution is 14.0. The highest BCUT2D eigenvalue weighted by Crippen LogP contribution is 2.23. The lowest BCUT2D eigenvalue weighted by molar-refractivity contribution is -0.127. The molecule has 0 spiro atoms. The Labute approximate surface area is 202 Å². The van der Waals surface area contributed by atoms with Crippen molar-refractivity contribution in [2.75, 3.05) is 27.2 Å². The molecule has 7 nitrogen and oxygen atoms in total. The number of aryl methyl sites for hydroxylation is 1. The first kappa shape index (κ1) is 26.8. The minimum atomic E-state index is -0.0216. The molecule has 0 radical (unpaired) electrons. The lowest BCUT2D eigenvalue weighted by Crippen LogP contribution is -2.43. The van der Waals surface area contributed by atoms with E-state index in [1.165, 1.54) is 0 Å². The van der Waals surface area contributed by atoms with E-state index in [0.717, 1.165) is 35.5 Å². The van der Waals surface area contributed by atoms with Crippen LogP contribution in [0.1, 0.15) is 37.2 Å². The third-order valence-electron chi connectivity index (χ3n) is 4.68. The highest BCUT2D eigenvalue weighted by atomic mass is 127. The number of nitrogens with zero attached hydrogens (tertiary/aromatic N) is 2. The number of guanidine groups is 1. The summed E-state index contributed by atoms with van der Waals surface area (Å²) in [4.78, 5) is 18.2. The Balaban J connectivity index is 0.00000480. The van der Waals surface area contributed by atoms with Crippen LogP contribution in [0.15, 0.2) is 46.0 Å². The number of carbonyl (C=O) groups is 1. The summed E-state index contributed by atoms with van der Waals surface area (Å²) in [6.07, 6.45) is 3.46. The number of aliphatic imine (C=N–C) groups is 1. The van der Waals surface area contributed by atoms with E-state index in [2.05, 4.69) is 35.5 Å². The van der Waals surface area contributed by atoms with E-state index in [1.807, 2.05) is 31.2 Å². The Bertz CT molecular complexity index is 822. The third-order valence-corrected chi connectivity index (χ3v) is 4.68. The molecule has 1 aromatic heterocycles. The van der Waals surface area contributed by atoms with Crippen LogP contribution >= 0.6 is 24.0 Å². The van der Waals surface area contributed by atoms with E-state index >= 15 is 0 Å². The number of rotatable bonds is 10. The smallest absolute Gasteiger partial charge is 0.241 e. The number of benzene rings is 1. The number of hydrogen-bond donors (Lipinski definition) is 2. The van der Waals surface area contributed by atoms with Crippen LogP contribution in [-0.2, 0) is 17.8 Å². The number of furan rings is 1. The molecule has 1 amide bonds. The first-order valence-corrected chi connectivity index (χ1v) is 10.4. The van der Waals surface area contributed by atoms with Crippen LogP contribution in [0.2, 0.25) is 0 Å². The van der Waals surface area contributed by atoms with Gasteiger partial charge in [-0.25, -0.2) is 4.99 Å². The van der Waals surface area contributed by atoms with Gasteiger partial charge in [0.25, 0.3) is 0 Å². The van der Waals surface area contributed by atoms with E-state index in [-0.39, 0.29) is 42.5 Å². The van der Waals surface area contributed by atoms with E-state index in [1.54, 1.807) is 25.3 Å². The lowest BCUT2D eigenvalue weighted by atomic mass is 10.1. The van der Waals surface area contributed by atoms with Crippen LogP contribution in [0.25, 0.3) is 0 Å². The molecule has 1 atom stereocenters. The van der Waals surface area contributed by atoms with Gasteiger partial charge in [-0.3, -0.25) is 4.79 Å². The summed E-state index contributed by atoms with van der Waals surface area (Å²) >= 11 is 0. The van der Waals surface area contributed by atoms with Crippen LogP contribution in [0.3, 0.4) is 0 Å². The van der Waals surface area contributed by atoms with Crippen molar-refractivity contribution in [2.45, 2.75) is 46.3 Å². The minimum absolute atomic E-state index is 0. The van der Waals surface area contributed by atoms with Crippen molar-refractivity contribution >= 4 is 35.8 Å². The van der Waals surface area contributed by atoms with Gasteiger partial charge in [0.15, 0.2) is 5.96 Å². The molecule has 1 heterocycles. The maximum atomic E-state index is 12.0. The Kier molecular flexibility index (Phi) is 12.1. The van der Waals surface area contributed by atoms with Crippen LogP contribution in [-0.4, -0.2) is 50.1 Å². The van der Waals surface area contributed by atoms with Crippen LogP contribution in [0.5, 0.6) is 5.75 Å². The number of likely N-dealkylation sites (N-methyl/N-ethyl adjacent to an activating group) is 1. The molecule has 0 aliphatic carbocycles. The molecule has 1 aromatic carbocycles. The van der Waals surface area contributed by atoms with E-state index in [9.17, 15) is 4.79 Å². The zero-order valence-electron chi connectivity index (χ0n) is 19.1. The second-order valence-electron chi connectivity index (χ2n) is 7.51. The summed E-state index contributed by atoms with van der Waals surface area (Å²) < 4.78 is 11.5. The second kappa shape index (κ2) is 14.0. The highest BCUT2D eigenvalue weighted by Gasteiger charge is 2.10. The van der Waals surface area contributed by atoms with Gasteiger partial charge in [-0.2, -0.15) is 0 Å². The first-order chi connectivity index (χ1) is 14.4. The van der Waals surface area contributed by atoms with Crippen molar-refractivity contribution in [1.82, 2.24) is 15.5 Å². The summed E-state index contributed by atoms with van der Waals surface area (Å²) in [6.45, 7) is 7.46. The van der Waals surface area contributed by atoms with Gasteiger partial charge in [0.05, 0.1) is 25.5 Å². The van der Waals surface area contributed by atoms with E-state index in [0.29, 0.717) is 19.0 Å². The lowest BCUT2D eigenvalue weighted by Gasteiger charge is -2.17. The van der Waals surface area contributed by atoms with Crippen LogP contribution in [0, 0.1) is 6.92 Å². The van der Waals surface area contributed by atoms with Crippen LogP contribution < -0.4 is 15.4 Å². The van der Waals surface area contributed by atoms with Gasteiger partial charge in [-0.1, -0.05) is 19.1 Å². The predicted octanol–water partition coefficient (Wildman–Crippen LogP) is 3.75.